The Bertz CT molecular complexity index is 1280. The molecule has 31 heavy (non-hydrogen) atoms. The highest BCUT2D eigenvalue weighted by molar-refractivity contribution is 5.95. The Morgan fingerprint density at radius 2 is 2.06 bits per heavy atom. The number of anilines is 2. The average molecular weight is 422 g/mol. The standard InChI is InChI=1S/C21H23FN8O/c1-31-17-4-2-3-16-18(17)25-21(23)30-20(16)26-19(27-30)12-7-13(22)10-28(9-12)15-8-24-29(11-15)14-5-6-14/h2-4,8,11-14H,5-7,9-10H2,1H3,(H2,23,25)/t12-,13+/m0/s1. The summed E-state index contributed by atoms with van der Waals surface area (Å²) in [7, 11) is 1.59. The molecule has 0 unspecified atom stereocenters. The molecule has 6 rings (SSSR count). The maximum Gasteiger partial charge on any atom is 0.223 e. The van der Waals surface area contributed by atoms with Gasteiger partial charge in [0.05, 0.1) is 25.0 Å². The van der Waals surface area contributed by atoms with Crippen LogP contribution in [0.15, 0.2) is 30.6 Å². The van der Waals surface area contributed by atoms with Gasteiger partial charge in [-0.25, -0.2) is 14.4 Å². The number of rotatable bonds is 4. The van der Waals surface area contributed by atoms with Gasteiger partial charge in [-0.1, -0.05) is 6.07 Å². The molecular weight excluding hydrogens is 399 g/mol. The molecule has 0 spiro atoms. The Morgan fingerprint density at radius 3 is 2.87 bits per heavy atom. The fourth-order valence-corrected chi connectivity index (χ4v) is 4.45. The second kappa shape index (κ2) is 6.79. The highest BCUT2D eigenvalue weighted by atomic mass is 19.1. The van der Waals surface area contributed by atoms with Gasteiger partial charge in [-0.2, -0.15) is 9.61 Å². The van der Waals surface area contributed by atoms with Crippen molar-refractivity contribution in [2.45, 2.75) is 37.4 Å². The van der Waals surface area contributed by atoms with E-state index in [4.69, 9.17) is 15.5 Å². The minimum Gasteiger partial charge on any atom is -0.494 e. The molecule has 4 heterocycles. The van der Waals surface area contributed by atoms with Gasteiger partial charge < -0.3 is 15.4 Å². The number of piperidine rings is 1. The molecule has 0 radical (unpaired) electrons. The van der Waals surface area contributed by atoms with Gasteiger partial charge in [-0.15, -0.1) is 5.10 Å². The number of alkyl halides is 1. The van der Waals surface area contributed by atoms with Gasteiger partial charge in [0.1, 0.15) is 17.4 Å². The molecule has 4 aromatic rings. The lowest BCUT2D eigenvalue weighted by Crippen LogP contribution is -2.40. The van der Waals surface area contributed by atoms with Crippen LogP contribution in [0.5, 0.6) is 5.75 Å². The molecule has 1 aromatic carbocycles. The number of hydrogen-bond acceptors (Lipinski definition) is 7. The monoisotopic (exact) mass is 422 g/mol. The number of nitrogens with zero attached hydrogens (tertiary/aromatic N) is 7. The molecule has 2 aliphatic rings. The molecule has 2 fully saturated rings. The number of halogens is 1. The Kier molecular flexibility index (Phi) is 4.02. The van der Waals surface area contributed by atoms with E-state index in [9.17, 15) is 4.39 Å². The van der Waals surface area contributed by atoms with Gasteiger partial charge in [0.15, 0.2) is 11.5 Å². The summed E-state index contributed by atoms with van der Waals surface area (Å²) in [6, 6.07) is 6.12. The van der Waals surface area contributed by atoms with Gasteiger partial charge in [-0.05, 0) is 31.4 Å². The van der Waals surface area contributed by atoms with E-state index in [1.807, 2.05) is 40.2 Å². The fraction of sp³-hybridized carbons (Fsp3) is 0.429. The number of nitrogens with two attached hydrogens (primary N) is 1. The molecule has 0 bridgehead atoms. The normalized spacial score (nSPS) is 21.8. The van der Waals surface area contributed by atoms with Gasteiger partial charge in [-0.3, -0.25) is 4.68 Å². The predicted molar refractivity (Wildman–Crippen MR) is 114 cm³/mol. The second-order valence-electron chi connectivity index (χ2n) is 8.38. The summed E-state index contributed by atoms with van der Waals surface area (Å²) in [4.78, 5) is 11.3. The predicted octanol–water partition coefficient (Wildman–Crippen LogP) is 2.73. The van der Waals surface area contributed by atoms with Crippen LogP contribution in [0.3, 0.4) is 0 Å². The first-order chi connectivity index (χ1) is 15.1. The molecule has 0 amide bonds. The molecule has 1 saturated heterocycles. The summed E-state index contributed by atoms with van der Waals surface area (Å²) in [5.41, 5.74) is 8.35. The van der Waals surface area contributed by atoms with E-state index >= 15 is 0 Å². The Balaban J connectivity index is 1.37. The lowest BCUT2D eigenvalue weighted by atomic mass is 9.96. The molecule has 160 valence electrons. The molecule has 1 aliphatic carbocycles. The first-order valence-corrected chi connectivity index (χ1v) is 10.5. The topological polar surface area (TPSA) is 99.4 Å². The third-order valence-corrected chi connectivity index (χ3v) is 6.17. The first kappa shape index (κ1) is 18.3. The number of fused-ring (bicyclic) bond motifs is 3. The number of hydrogen-bond donors (Lipinski definition) is 1. The van der Waals surface area contributed by atoms with Crippen molar-refractivity contribution in [2.75, 3.05) is 30.8 Å². The maximum atomic E-state index is 14.7. The zero-order valence-electron chi connectivity index (χ0n) is 17.1. The molecule has 9 nitrogen and oxygen atoms in total. The van der Waals surface area contributed by atoms with Crippen molar-refractivity contribution >= 4 is 28.2 Å². The van der Waals surface area contributed by atoms with E-state index in [2.05, 4.69) is 15.2 Å². The molecule has 1 aliphatic heterocycles. The van der Waals surface area contributed by atoms with E-state index in [-0.39, 0.29) is 11.9 Å². The van der Waals surface area contributed by atoms with Crippen molar-refractivity contribution in [3.05, 3.63) is 36.4 Å². The number of ether oxygens (including phenoxy) is 1. The number of para-hydroxylation sites is 1. The fourth-order valence-electron chi connectivity index (χ4n) is 4.45. The van der Waals surface area contributed by atoms with Crippen LogP contribution < -0.4 is 15.4 Å². The number of nitrogen functional groups attached to an aromatic ring is 1. The molecule has 1 saturated carbocycles. The zero-order valence-corrected chi connectivity index (χ0v) is 17.1. The summed E-state index contributed by atoms with van der Waals surface area (Å²) in [6.45, 7) is 0.978. The van der Waals surface area contributed by atoms with Crippen LogP contribution in [0, 0.1) is 0 Å². The number of aromatic nitrogens is 6. The average Bonchev–Trinajstić information content (AvgIpc) is 3.32. The Morgan fingerprint density at radius 1 is 1.19 bits per heavy atom. The smallest absolute Gasteiger partial charge is 0.223 e. The molecule has 2 N–H and O–H groups in total. The summed E-state index contributed by atoms with van der Waals surface area (Å²) >= 11 is 0. The third kappa shape index (κ3) is 3.05. The van der Waals surface area contributed by atoms with Crippen LogP contribution in [-0.2, 0) is 0 Å². The second-order valence-corrected chi connectivity index (χ2v) is 8.38. The minimum atomic E-state index is -0.970. The summed E-state index contributed by atoms with van der Waals surface area (Å²) in [5, 5.41) is 9.86. The van der Waals surface area contributed by atoms with Crippen molar-refractivity contribution in [3.8, 4) is 5.75 Å². The SMILES string of the molecule is COc1cccc2c1nc(N)n1nc([C@H]3C[C@@H](F)CN(c4cnn(C5CC5)c4)C3)nc21. The Hall–Kier alpha value is -3.43. The molecule has 10 heteroatoms. The van der Waals surface area contributed by atoms with Crippen LogP contribution >= 0.6 is 0 Å². The third-order valence-electron chi connectivity index (χ3n) is 6.17. The van der Waals surface area contributed by atoms with Crippen LogP contribution in [0.25, 0.3) is 16.6 Å². The highest BCUT2D eigenvalue weighted by Gasteiger charge is 2.33. The summed E-state index contributed by atoms with van der Waals surface area (Å²) < 4.78 is 23.7. The molecule has 2 atom stereocenters. The van der Waals surface area contributed by atoms with Crippen LogP contribution in [0.1, 0.15) is 37.0 Å². The quantitative estimate of drug-likeness (QED) is 0.540. The van der Waals surface area contributed by atoms with Crippen LogP contribution in [0.2, 0.25) is 0 Å². The summed E-state index contributed by atoms with van der Waals surface area (Å²) in [5.74, 6) is 1.26. The van der Waals surface area contributed by atoms with E-state index in [0.29, 0.717) is 48.3 Å². The van der Waals surface area contributed by atoms with Gasteiger partial charge in [0, 0.05) is 30.6 Å². The molecular formula is C21H23FN8O. The first-order valence-electron chi connectivity index (χ1n) is 10.5. The van der Waals surface area contributed by atoms with Crippen LogP contribution in [-0.4, -0.2) is 55.7 Å². The lowest BCUT2D eigenvalue weighted by molar-refractivity contribution is 0.264. The van der Waals surface area contributed by atoms with E-state index < -0.39 is 6.17 Å². The Labute approximate surface area is 177 Å². The van der Waals surface area contributed by atoms with E-state index in [1.54, 1.807) is 7.11 Å². The van der Waals surface area contributed by atoms with Gasteiger partial charge in [0.25, 0.3) is 0 Å². The summed E-state index contributed by atoms with van der Waals surface area (Å²) in [6.07, 6.45) is 5.57. The zero-order chi connectivity index (χ0) is 21.1. The highest BCUT2D eigenvalue weighted by Crippen LogP contribution is 2.36. The maximum absolute atomic E-state index is 14.7. The molecule has 3 aromatic heterocycles. The van der Waals surface area contributed by atoms with Gasteiger partial charge >= 0.3 is 0 Å². The van der Waals surface area contributed by atoms with Crippen molar-refractivity contribution < 1.29 is 9.13 Å². The van der Waals surface area contributed by atoms with Crippen molar-refractivity contribution in [1.29, 1.82) is 0 Å². The van der Waals surface area contributed by atoms with E-state index in [1.165, 1.54) is 4.52 Å². The van der Waals surface area contributed by atoms with Crippen molar-refractivity contribution in [2.24, 2.45) is 0 Å². The minimum absolute atomic E-state index is 0.159. The number of methoxy groups -OCH3 is 1. The van der Waals surface area contributed by atoms with Gasteiger partial charge in [0.2, 0.25) is 5.95 Å². The van der Waals surface area contributed by atoms with Crippen LogP contribution in [0.4, 0.5) is 16.0 Å². The van der Waals surface area contributed by atoms with E-state index in [0.717, 1.165) is 23.9 Å². The largest absolute Gasteiger partial charge is 0.494 e. The number of benzene rings is 1. The van der Waals surface area contributed by atoms with Crippen molar-refractivity contribution in [3.63, 3.8) is 0 Å². The lowest BCUT2D eigenvalue weighted by Gasteiger charge is -2.34. The van der Waals surface area contributed by atoms with Crippen molar-refractivity contribution in [1.82, 2.24) is 29.4 Å².